The van der Waals surface area contributed by atoms with Crippen LogP contribution in [0.15, 0.2) is 18.2 Å². The first-order valence-electron chi connectivity index (χ1n) is 8.05. The third-order valence-electron chi connectivity index (χ3n) is 5.58. The molecule has 1 aromatic carbocycles. The fraction of sp³-hybridized carbons (Fsp3) is 0.647. The molecule has 2 atom stereocenters. The van der Waals surface area contributed by atoms with E-state index in [1.807, 2.05) is 4.90 Å². The lowest BCUT2D eigenvalue weighted by molar-refractivity contribution is -0.201. The van der Waals surface area contributed by atoms with Gasteiger partial charge in [0, 0.05) is 31.1 Å². The van der Waals surface area contributed by atoms with Crippen molar-refractivity contribution in [3.8, 4) is 0 Å². The lowest BCUT2D eigenvalue weighted by Crippen LogP contribution is -2.61. The molecule has 1 spiro atoms. The summed E-state index contributed by atoms with van der Waals surface area (Å²) in [5.74, 6) is -0.623. The molecule has 0 amide bonds. The highest BCUT2D eigenvalue weighted by molar-refractivity contribution is 5.27. The summed E-state index contributed by atoms with van der Waals surface area (Å²) in [5.41, 5.74) is -1.03. The number of hydrogen-bond donors (Lipinski definition) is 1. The molecular weight excluding hydrogens is 326 g/mol. The van der Waals surface area contributed by atoms with Gasteiger partial charge in [-0.15, -0.1) is 0 Å². The van der Waals surface area contributed by atoms with Crippen molar-refractivity contribution in [3.05, 3.63) is 35.1 Å². The molecule has 3 rings (SSSR count). The number of benzene rings is 1. The van der Waals surface area contributed by atoms with Crippen LogP contribution in [0.5, 0.6) is 0 Å². The van der Waals surface area contributed by atoms with Crippen molar-refractivity contribution in [2.45, 2.75) is 44.2 Å². The molecule has 1 aromatic rings. The smallest absolute Gasteiger partial charge is 0.392 e. The maximum absolute atomic E-state index is 13.9. The Labute approximate surface area is 138 Å². The predicted octanol–water partition coefficient (Wildman–Crippen LogP) is 3.21. The molecular formula is C17H21F4NO2. The molecule has 0 aromatic heterocycles. The van der Waals surface area contributed by atoms with Crippen LogP contribution < -0.4 is 0 Å². The number of rotatable bonds is 3. The molecule has 24 heavy (non-hydrogen) atoms. The van der Waals surface area contributed by atoms with Gasteiger partial charge in [0.15, 0.2) is 0 Å². The third kappa shape index (κ3) is 3.05. The Kier molecular flexibility index (Phi) is 4.61. The fourth-order valence-electron chi connectivity index (χ4n) is 3.95. The lowest BCUT2D eigenvalue weighted by Gasteiger charge is -2.56. The number of methoxy groups -OCH3 is 1. The maximum Gasteiger partial charge on any atom is 0.416 e. The zero-order valence-electron chi connectivity index (χ0n) is 13.4. The molecule has 0 unspecified atom stereocenters. The lowest BCUT2D eigenvalue weighted by atomic mass is 9.58. The number of aliphatic hydroxyl groups excluding tert-OH is 1. The monoisotopic (exact) mass is 347 g/mol. The molecule has 0 radical (unpaired) electrons. The zero-order valence-corrected chi connectivity index (χ0v) is 13.4. The summed E-state index contributed by atoms with van der Waals surface area (Å²) in [5, 5.41) is 10.1. The van der Waals surface area contributed by atoms with E-state index in [1.165, 1.54) is 0 Å². The Hall–Kier alpha value is -1.18. The molecule has 2 fully saturated rings. The number of aliphatic hydroxyl groups is 1. The first-order valence-corrected chi connectivity index (χ1v) is 8.05. The fourth-order valence-corrected chi connectivity index (χ4v) is 3.95. The van der Waals surface area contributed by atoms with Gasteiger partial charge in [-0.2, -0.15) is 13.2 Å². The number of piperidine rings is 1. The van der Waals surface area contributed by atoms with E-state index in [9.17, 15) is 22.7 Å². The van der Waals surface area contributed by atoms with Crippen LogP contribution in [0.2, 0.25) is 0 Å². The Balaban J connectivity index is 1.66. The molecule has 1 aliphatic heterocycles. The van der Waals surface area contributed by atoms with E-state index >= 15 is 0 Å². The average molecular weight is 347 g/mol. The zero-order chi connectivity index (χ0) is 17.5. The van der Waals surface area contributed by atoms with Crippen LogP contribution in [-0.2, 0) is 17.5 Å². The Morgan fingerprint density at radius 3 is 2.50 bits per heavy atom. The minimum Gasteiger partial charge on any atom is -0.392 e. The highest BCUT2D eigenvalue weighted by atomic mass is 19.4. The quantitative estimate of drug-likeness (QED) is 0.853. The van der Waals surface area contributed by atoms with E-state index in [4.69, 9.17) is 4.74 Å². The molecule has 1 heterocycles. The van der Waals surface area contributed by atoms with Gasteiger partial charge in [0.05, 0.1) is 17.8 Å². The van der Waals surface area contributed by atoms with E-state index in [0.717, 1.165) is 18.2 Å². The normalized spacial score (nSPS) is 27.2. The van der Waals surface area contributed by atoms with Crippen LogP contribution in [0.3, 0.4) is 0 Å². The second-order valence-electron chi connectivity index (χ2n) is 6.79. The average Bonchev–Trinajstić information content (AvgIpc) is 2.54. The largest absolute Gasteiger partial charge is 0.416 e. The van der Waals surface area contributed by atoms with Crippen molar-refractivity contribution in [2.75, 3.05) is 20.2 Å². The van der Waals surface area contributed by atoms with Crippen LogP contribution in [0.25, 0.3) is 0 Å². The van der Waals surface area contributed by atoms with E-state index in [0.29, 0.717) is 32.4 Å². The summed E-state index contributed by atoms with van der Waals surface area (Å²) < 4.78 is 57.6. The van der Waals surface area contributed by atoms with Gasteiger partial charge in [0.25, 0.3) is 0 Å². The van der Waals surface area contributed by atoms with Gasteiger partial charge in [-0.3, -0.25) is 4.90 Å². The number of halogens is 4. The van der Waals surface area contributed by atoms with Crippen molar-refractivity contribution >= 4 is 0 Å². The molecule has 3 nitrogen and oxygen atoms in total. The number of alkyl halides is 3. The minimum atomic E-state index is -4.48. The summed E-state index contributed by atoms with van der Waals surface area (Å²) in [4.78, 5) is 1.93. The minimum absolute atomic E-state index is 0.0277. The van der Waals surface area contributed by atoms with Gasteiger partial charge in [0.1, 0.15) is 5.82 Å². The van der Waals surface area contributed by atoms with Crippen LogP contribution in [0, 0.1) is 11.2 Å². The molecule has 2 aliphatic rings. The maximum atomic E-state index is 13.9. The summed E-state index contributed by atoms with van der Waals surface area (Å²) in [6, 6.07) is 2.52. The van der Waals surface area contributed by atoms with Crippen LogP contribution in [0.4, 0.5) is 17.6 Å². The van der Waals surface area contributed by atoms with Gasteiger partial charge in [-0.25, -0.2) is 4.39 Å². The van der Waals surface area contributed by atoms with Crippen molar-refractivity contribution in [3.63, 3.8) is 0 Å². The highest BCUT2D eigenvalue weighted by Gasteiger charge is 2.55. The van der Waals surface area contributed by atoms with Crippen molar-refractivity contribution in [2.24, 2.45) is 5.41 Å². The summed E-state index contributed by atoms with van der Waals surface area (Å²) in [6.07, 6.45) is -2.81. The highest BCUT2D eigenvalue weighted by Crippen LogP contribution is 2.50. The topological polar surface area (TPSA) is 32.7 Å². The summed E-state index contributed by atoms with van der Waals surface area (Å²) in [6.45, 7) is 1.35. The Bertz CT molecular complexity index is 597. The second-order valence-corrected chi connectivity index (χ2v) is 6.79. The van der Waals surface area contributed by atoms with Gasteiger partial charge >= 0.3 is 6.18 Å². The Morgan fingerprint density at radius 2 is 1.96 bits per heavy atom. The summed E-state index contributed by atoms with van der Waals surface area (Å²) >= 11 is 0. The van der Waals surface area contributed by atoms with Crippen LogP contribution in [0.1, 0.15) is 30.4 Å². The second kappa shape index (κ2) is 6.28. The first-order chi connectivity index (χ1) is 11.3. The molecule has 1 saturated heterocycles. The predicted molar refractivity (Wildman–Crippen MR) is 79.8 cm³/mol. The van der Waals surface area contributed by atoms with Crippen molar-refractivity contribution in [1.82, 2.24) is 4.90 Å². The van der Waals surface area contributed by atoms with E-state index < -0.39 is 23.7 Å². The van der Waals surface area contributed by atoms with E-state index in [2.05, 4.69) is 0 Å². The van der Waals surface area contributed by atoms with Gasteiger partial charge < -0.3 is 9.84 Å². The Morgan fingerprint density at radius 1 is 1.29 bits per heavy atom. The third-order valence-corrected chi connectivity index (χ3v) is 5.58. The first kappa shape index (κ1) is 17.6. The van der Waals surface area contributed by atoms with E-state index in [1.54, 1.807) is 7.11 Å². The number of hydrogen-bond acceptors (Lipinski definition) is 3. The molecule has 1 aliphatic carbocycles. The molecule has 1 N–H and O–H groups in total. The van der Waals surface area contributed by atoms with Gasteiger partial charge in [-0.05, 0) is 44.1 Å². The SMILES string of the molecule is CO[C@@H]1C[C@H](O)C12CCN(Cc1cc(C(F)(F)F)ccc1F)CC2. The number of ether oxygens (including phenoxy) is 1. The molecule has 7 heteroatoms. The standard InChI is InChI=1S/C17H21F4NO2/c1-24-15-9-14(23)16(15)4-6-22(7-5-16)10-11-8-12(17(19,20)21)2-3-13(11)18/h2-3,8,14-15,23H,4-7,9-10H2,1H3/t14-,15+/m0/s1. The summed E-state index contributed by atoms with van der Waals surface area (Å²) in [7, 11) is 1.63. The number of nitrogens with zero attached hydrogens (tertiary/aromatic N) is 1. The van der Waals surface area contributed by atoms with Gasteiger partial charge in [0.2, 0.25) is 0 Å². The van der Waals surface area contributed by atoms with Crippen molar-refractivity contribution in [1.29, 1.82) is 0 Å². The van der Waals surface area contributed by atoms with E-state index in [-0.39, 0.29) is 23.6 Å². The molecule has 0 bridgehead atoms. The molecule has 134 valence electrons. The van der Waals surface area contributed by atoms with Gasteiger partial charge in [-0.1, -0.05) is 0 Å². The van der Waals surface area contributed by atoms with Crippen LogP contribution in [-0.4, -0.2) is 42.4 Å². The number of likely N-dealkylation sites (tertiary alicyclic amines) is 1. The van der Waals surface area contributed by atoms with Crippen molar-refractivity contribution < 1.29 is 27.4 Å². The van der Waals surface area contributed by atoms with Crippen LogP contribution >= 0.6 is 0 Å². The molecule has 1 saturated carbocycles.